The number of benzene rings is 2. The maximum Gasteiger partial charge on any atom is 0.205 e. The number of tetrazole rings is 1. The molecule has 0 fully saturated rings. The SMILES string of the molecule is C=Cc1ccccc1-n1nnc(-c2ccccc2)n1. The topological polar surface area (TPSA) is 43.6 Å². The zero-order chi connectivity index (χ0) is 13.1. The van der Waals surface area contributed by atoms with E-state index in [1.165, 1.54) is 4.80 Å². The second-order valence-corrected chi connectivity index (χ2v) is 4.03. The number of hydrogen-bond acceptors (Lipinski definition) is 3. The highest BCUT2D eigenvalue weighted by Gasteiger charge is 2.08. The van der Waals surface area contributed by atoms with E-state index in [9.17, 15) is 0 Å². The van der Waals surface area contributed by atoms with Gasteiger partial charge in [0, 0.05) is 11.1 Å². The van der Waals surface area contributed by atoms with Gasteiger partial charge in [0.1, 0.15) is 0 Å². The summed E-state index contributed by atoms with van der Waals surface area (Å²) < 4.78 is 0. The van der Waals surface area contributed by atoms with E-state index >= 15 is 0 Å². The van der Waals surface area contributed by atoms with Crippen LogP contribution < -0.4 is 0 Å². The third-order valence-electron chi connectivity index (χ3n) is 2.82. The smallest absolute Gasteiger partial charge is 0.130 e. The summed E-state index contributed by atoms with van der Waals surface area (Å²) in [6, 6.07) is 17.6. The Bertz CT molecular complexity index is 701. The maximum absolute atomic E-state index is 4.41. The number of rotatable bonds is 3. The first-order valence-corrected chi connectivity index (χ1v) is 5.96. The molecule has 0 N–H and O–H groups in total. The Hall–Kier alpha value is -2.75. The summed E-state index contributed by atoms with van der Waals surface area (Å²) in [5.74, 6) is 0.611. The number of aromatic nitrogens is 4. The molecule has 0 radical (unpaired) electrons. The van der Waals surface area contributed by atoms with E-state index in [0.29, 0.717) is 5.82 Å². The van der Waals surface area contributed by atoms with E-state index in [0.717, 1.165) is 16.8 Å². The van der Waals surface area contributed by atoms with Gasteiger partial charge in [0.2, 0.25) is 5.82 Å². The third-order valence-corrected chi connectivity index (χ3v) is 2.82. The average molecular weight is 248 g/mol. The minimum Gasteiger partial charge on any atom is -0.130 e. The molecule has 2 aromatic carbocycles. The van der Waals surface area contributed by atoms with Crippen molar-refractivity contribution in [2.24, 2.45) is 0 Å². The summed E-state index contributed by atoms with van der Waals surface area (Å²) in [5.41, 5.74) is 2.79. The van der Waals surface area contributed by atoms with Gasteiger partial charge in [-0.15, -0.1) is 15.0 Å². The Kier molecular flexibility index (Phi) is 2.90. The summed E-state index contributed by atoms with van der Waals surface area (Å²) in [6.07, 6.45) is 1.78. The van der Waals surface area contributed by atoms with Crippen LogP contribution in [0.15, 0.2) is 61.2 Å². The van der Waals surface area contributed by atoms with Gasteiger partial charge in [0.25, 0.3) is 0 Å². The molecule has 0 unspecified atom stereocenters. The van der Waals surface area contributed by atoms with Crippen LogP contribution in [-0.2, 0) is 0 Å². The standard InChI is InChI=1S/C15H12N4/c1-2-12-8-6-7-11-14(12)19-17-15(16-18-19)13-9-4-3-5-10-13/h2-11H,1H2. The van der Waals surface area contributed by atoms with Crippen molar-refractivity contribution >= 4 is 6.08 Å². The Labute approximate surface area is 111 Å². The van der Waals surface area contributed by atoms with Crippen LogP contribution in [0.25, 0.3) is 23.2 Å². The Balaban J connectivity index is 2.04. The lowest BCUT2D eigenvalue weighted by Crippen LogP contribution is -2.01. The fourth-order valence-corrected chi connectivity index (χ4v) is 1.86. The quantitative estimate of drug-likeness (QED) is 0.715. The molecule has 1 heterocycles. The molecular weight excluding hydrogens is 236 g/mol. The van der Waals surface area contributed by atoms with Crippen LogP contribution in [-0.4, -0.2) is 20.2 Å². The number of hydrogen-bond donors (Lipinski definition) is 0. The number of nitrogens with zero attached hydrogens (tertiary/aromatic N) is 4. The molecule has 0 amide bonds. The fraction of sp³-hybridized carbons (Fsp3) is 0. The van der Waals surface area contributed by atoms with E-state index in [1.54, 1.807) is 6.08 Å². The molecule has 4 heteroatoms. The molecule has 0 aliphatic carbocycles. The highest BCUT2D eigenvalue weighted by atomic mass is 15.6. The Morgan fingerprint density at radius 1 is 0.947 bits per heavy atom. The molecule has 19 heavy (non-hydrogen) atoms. The molecular formula is C15H12N4. The molecule has 0 aliphatic rings. The van der Waals surface area contributed by atoms with Crippen molar-refractivity contribution in [2.75, 3.05) is 0 Å². The van der Waals surface area contributed by atoms with Gasteiger partial charge in [-0.05, 0) is 11.3 Å². The van der Waals surface area contributed by atoms with Gasteiger partial charge in [-0.1, -0.05) is 61.2 Å². The van der Waals surface area contributed by atoms with Crippen LogP contribution in [0, 0.1) is 0 Å². The molecule has 4 nitrogen and oxygen atoms in total. The van der Waals surface area contributed by atoms with Crippen LogP contribution in [0.5, 0.6) is 0 Å². The summed E-state index contributed by atoms with van der Waals surface area (Å²) in [5, 5.41) is 12.6. The largest absolute Gasteiger partial charge is 0.205 e. The second kappa shape index (κ2) is 4.86. The molecule has 0 saturated carbocycles. The van der Waals surface area contributed by atoms with Crippen LogP contribution in [0.2, 0.25) is 0 Å². The van der Waals surface area contributed by atoms with Crippen molar-refractivity contribution in [1.29, 1.82) is 0 Å². The lowest BCUT2D eigenvalue weighted by atomic mass is 10.2. The number of para-hydroxylation sites is 1. The van der Waals surface area contributed by atoms with Crippen molar-refractivity contribution < 1.29 is 0 Å². The molecule has 1 aromatic heterocycles. The van der Waals surface area contributed by atoms with Crippen LogP contribution >= 0.6 is 0 Å². The van der Waals surface area contributed by atoms with Crippen molar-refractivity contribution in [3.05, 3.63) is 66.7 Å². The van der Waals surface area contributed by atoms with Crippen molar-refractivity contribution in [2.45, 2.75) is 0 Å². The molecule has 0 atom stereocenters. The van der Waals surface area contributed by atoms with Gasteiger partial charge in [-0.2, -0.15) is 0 Å². The normalized spacial score (nSPS) is 10.3. The van der Waals surface area contributed by atoms with E-state index in [2.05, 4.69) is 22.0 Å². The van der Waals surface area contributed by atoms with Gasteiger partial charge < -0.3 is 0 Å². The maximum atomic E-state index is 4.41. The second-order valence-electron chi connectivity index (χ2n) is 4.03. The lowest BCUT2D eigenvalue weighted by molar-refractivity contribution is 0.719. The van der Waals surface area contributed by atoms with Crippen molar-refractivity contribution in [3.8, 4) is 17.1 Å². The summed E-state index contributed by atoms with van der Waals surface area (Å²) >= 11 is 0. The zero-order valence-corrected chi connectivity index (χ0v) is 10.3. The molecule has 0 saturated heterocycles. The summed E-state index contributed by atoms with van der Waals surface area (Å²) in [6.45, 7) is 3.79. The molecule has 0 spiro atoms. The Morgan fingerprint density at radius 3 is 2.47 bits per heavy atom. The minimum absolute atomic E-state index is 0.611. The first-order chi connectivity index (χ1) is 9.38. The van der Waals surface area contributed by atoms with Crippen molar-refractivity contribution in [3.63, 3.8) is 0 Å². The predicted molar refractivity (Wildman–Crippen MR) is 74.7 cm³/mol. The highest BCUT2D eigenvalue weighted by molar-refractivity contribution is 5.59. The highest BCUT2D eigenvalue weighted by Crippen LogP contribution is 2.16. The van der Waals surface area contributed by atoms with Crippen LogP contribution in [0.3, 0.4) is 0 Å². The van der Waals surface area contributed by atoms with Gasteiger partial charge in [0.05, 0.1) is 5.69 Å². The lowest BCUT2D eigenvalue weighted by Gasteiger charge is -2.02. The van der Waals surface area contributed by atoms with Gasteiger partial charge in [0.15, 0.2) is 0 Å². The van der Waals surface area contributed by atoms with Crippen molar-refractivity contribution in [1.82, 2.24) is 20.2 Å². The monoisotopic (exact) mass is 248 g/mol. The molecule has 3 aromatic rings. The fourth-order valence-electron chi connectivity index (χ4n) is 1.86. The third kappa shape index (κ3) is 2.15. The van der Waals surface area contributed by atoms with E-state index in [1.807, 2.05) is 54.6 Å². The molecule has 92 valence electrons. The van der Waals surface area contributed by atoms with Gasteiger partial charge in [-0.25, -0.2) is 0 Å². The summed E-state index contributed by atoms with van der Waals surface area (Å²) in [4.78, 5) is 1.53. The predicted octanol–water partition coefficient (Wildman–Crippen LogP) is 2.97. The average Bonchev–Trinajstić information content (AvgIpc) is 2.98. The first-order valence-electron chi connectivity index (χ1n) is 5.96. The van der Waals surface area contributed by atoms with Crippen LogP contribution in [0.4, 0.5) is 0 Å². The molecule has 0 bridgehead atoms. The van der Waals surface area contributed by atoms with E-state index in [4.69, 9.17) is 0 Å². The zero-order valence-electron chi connectivity index (χ0n) is 10.3. The first kappa shape index (κ1) is 11.3. The minimum atomic E-state index is 0.611. The van der Waals surface area contributed by atoms with E-state index < -0.39 is 0 Å². The Morgan fingerprint density at radius 2 is 1.68 bits per heavy atom. The van der Waals surface area contributed by atoms with Crippen LogP contribution in [0.1, 0.15) is 5.56 Å². The van der Waals surface area contributed by atoms with Gasteiger partial charge >= 0.3 is 0 Å². The molecule has 3 rings (SSSR count). The van der Waals surface area contributed by atoms with E-state index in [-0.39, 0.29) is 0 Å². The summed E-state index contributed by atoms with van der Waals surface area (Å²) in [7, 11) is 0. The molecule has 0 aliphatic heterocycles. The van der Waals surface area contributed by atoms with Gasteiger partial charge in [-0.3, -0.25) is 0 Å².